The predicted octanol–water partition coefficient (Wildman–Crippen LogP) is 0.329. The van der Waals surface area contributed by atoms with Crippen molar-refractivity contribution in [1.29, 1.82) is 0 Å². The third-order valence-electron chi connectivity index (χ3n) is 2.22. The first-order valence-corrected chi connectivity index (χ1v) is 4.04. The maximum absolute atomic E-state index is 11.3. The molecule has 3 nitrogen and oxygen atoms in total. The lowest BCUT2D eigenvalue weighted by molar-refractivity contribution is -0.127. The zero-order valence-corrected chi connectivity index (χ0v) is 6.88. The Hall–Kier alpha value is -0.410. The molecule has 1 aliphatic rings. The molecule has 0 radical (unpaired) electrons. The zero-order chi connectivity index (χ0) is 8.27. The van der Waals surface area contributed by atoms with Gasteiger partial charge in [-0.15, -0.1) is 0 Å². The quantitative estimate of drug-likeness (QED) is 0.639. The standard InChI is InChI=1S/C8H15NO2/c1-11-5-7(9)8(10)6-3-2-4-6/h6-7H,2-5,9H2,1H3. The number of Topliss-reactive ketones (excluding diaryl/α,β-unsaturated/α-hetero) is 1. The van der Waals surface area contributed by atoms with E-state index in [-0.39, 0.29) is 11.7 Å². The van der Waals surface area contributed by atoms with Crippen molar-refractivity contribution in [3.05, 3.63) is 0 Å². The first-order chi connectivity index (χ1) is 5.25. The second-order valence-electron chi connectivity index (χ2n) is 3.09. The summed E-state index contributed by atoms with van der Waals surface area (Å²) < 4.78 is 4.80. The lowest BCUT2D eigenvalue weighted by atomic mass is 9.80. The molecule has 0 heterocycles. The van der Waals surface area contributed by atoms with Crippen LogP contribution in [0.1, 0.15) is 19.3 Å². The van der Waals surface area contributed by atoms with Crippen LogP contribution in [0.2, 0.25) is 0 Å². The molecule has 11 heavy (non-hydrogen) atoms. The Morgan fingerprint density at radius 1 is 1.73 bits per heavy atom. The second kappa shape index (κ2) is 3.83. The average molecular weight is 157 g/mol. The fourth-order valence-corrected chi connectivity index (χ4v) is 1.26. The van der Waals surface area contributed by atoms with Crippen LogP contribution in [0.4, 0.5) is 0 Å². The lowest BCUT2D eigenvalue weighted by Gasteiger charge is -2.26. The van der Waals surface area contributed by atoms with Crippen molar-refractivity contribution < 1.29 is 9.53 Å². The summed E-state index contributed by atoms with van der Waals surface area (Å²) in [5, 5.41) is 0. The highest BCUT2D eigenvalue weighted by Crippen LogP contribution is 2.27. The van der Waals surface area contributed by atoms with Gasteiger partial charge in [0.1, 0.15) is 0 Å². The number of carbonyl (C=O) groups excluding carboxylic acids is 1. The van der Waals surface area contributed by atoms with Crippen molar-refractivity contribution in [3.8, 4) is 0 Å². The molecule has 0 spiro atoms. The molecule has 0 saturated heterocycles. The van der Waals surface area contributed by atoms with Crippen LogP contribution in [0.15, 0.2) is 0 Å². The zero-order valence-electron chi connectivity index (χ0n) is 6.88. The van der Waals surface area contributed by atoms with Crippen molar-refractivity contribution in [3.63, 3.8) is 0 Å². The summed E-state index contributed by atoms with van der Waals surface area (Å²) in [5.41, 5.74) is 5.56. The number of carbonyl (C=O) groups is 1. The van der Waals surface area contributed by atoms with Crippen LogP contribution in [-0.2, 0) is 9.53 Å². The molecule has 1 fully saturated rings. The van der Waals surface area contributed by atoms with E-state index in [0.29, 0.717) is 6.61 Å². The summed E-state index contributed by atoms with van der Waals surface area (Å²) in [6.07, 6.45) is 3.22. The normalized spacial score (nSPS) is 20.9. The minimum Gasteiger partial charge on any atom is -0.383 e. The molecule has 0 amide bonds. The van der Waals surface area contributed by atoms with Gasteiger partial charge in [0, 0.05) is 13.0 Å². The molecular formula is C8H15NO2. The fourth-order valence-electron chi connectivity index (χ4n) is 1.26. The Balaban J connectivity index is 2.27. The first-order valence-electron chi connectivity index (χ1n) is 4.04. The van der Waals surface area contributed by atoms with Crippen molar-refractivity contribution in [2.24, 2.45) is 11.7 Å². The number of hydrogen-bond acceptors (Lipinski definition) is 3. The summed E-state index contributed by atoms with van der Waals surface area (Å²) in [5.74, 6) is 0.415. The number of hydrogen-bond donors (Lipinski definition) is 1. The number of rotatable bonds is 4. The summed E-state index contributed by atoms with van der Waals surface area (Å²) >= 11 is 0. The molecule has 0 aliphatic heterocycles. The van der Waals surface area contributed by atoms with E-state index in [2.05, 4.69) is 0 Å². The molecule has 0 aromatic rings. The summed E-state index contributed by atoms with van der Waals surface area (Å²) in [6.45, 7) is 0.356. The maximum Gasteiger partial charge on any atom is 0.154 e. The predicted molar refractivity (Wildman–Crippen MR) is 42.2 cm³/mol. The minimum absolute atomic E-state index is 0.179. The van der Waals surface area contributed by atoms with Crippen molar-refractivity contribution in [2.75, 3.05) is 13.7 Å². The Bertz CT molecular complexity index is 143. The third kappa shape index (κ3) is 2.01. The van der Waals surface area contributed by atoms with E-state index in [0.717, 1.165) is 12.8 Å². The van der Waals surface area contributed by atoms with Gasteiger partial charge in [-0.05, 0) is 12.8 Å². The lowest BCUT2D eigenvalue weighted by Crippen LogP contribution is -2.41. The molecule has 3 heteroatoms. The Labute approximate surface area is 66.9 Å². The van der Waals surface area contributed by atoms with Gasteiger partial charge in [-0.3, -0.25) is 4.79 Å². The van der Waals surface area contributed by atoms with Crippen LogP contribution in [0.25, 0.3) is 0 Å². The van der Waals surface area contributed by atoms with Crippen LogP contribution >= 0.6 is 0 Å². The van der Waals surface area contributed by atoms with Gasteiger partial charge in [0.15, 0.2) is 5.78 Å². The van der Waals surface area contributed by atoms with E-state index >= 15 is 0 Å². The van der Waals surface area contributed by atoms with Gasteiger partial charge in [-0.1, -0.05) is 6.42 Å². The molecule has 0 aromatic heterocycles. The highest BCUT2D eigenvalue weighted by atomic mass is 16.5. The summed E-state index contributed by atoms with van der Waals surface area (Å²) in [7, 11) is 1.56. The van der Waals surface area contributed by atoms with Crippen molar-refractivity contribution >= 4 is 5.78 Å². The van der Waals surface area contributed by atoms with Crippen molar-refractivity contribution in [2.45, 2.75) is 25.3 Å². The van der Waals surface area contributed by atoms with Crippen molar-refractivity contribution in [1.82, 2.24) is 0 Å². The van der Waals surface area contributed by atoms with E-state index < -0.39 is 6.04 Å². The van der Waals surface area contributed by atoms with E-state index in [9.17, 15) is 4.79 Å². The average Bonchev–Trinajstić information content (AvgIpc) is 1.84. The molecule has 0 aromatic carbocycles. The monoisotopic (exact) mass is 157 g/mol. The Morgan fingerprint density at radius 3 is 2.73 bits per heavy atom. The molecule has 1 rings (SSSR count). The molecule has 1 aliphatic carbocycles. The number of ether oxygens (including phenoxy) is 1. The highest BCUT2D eigenvalue weighted by molar-refractivity contribution is 5.86. The first kappa shape index (κ1) is 8.68. The van der Waals surface area contributed by atoms with Crippen LogP contribution in [0.3, 0.4) is 0 Å². The number of nitrogens with two attached hydrogens (primary N) is 1. The highest BCUT2D eigenvalue weighted by Gasteiger charge is 2.28. The van der Waals surface area contributed by atoms with E-state index in [1.165, 1.54) is 6.42 Å². The smallest absolute Gasteiger partial charge is 0.154 e. The number of ketones is 1. The molecule has 1 atom stereocenters. The molecule has 0 bridgehead atoms. The minimum atomic E-state index is -0.398. The molecular weight excluding hydrogens is 142 g/mol. The molecule has 1 saturated carbocycles. The molecule has 64 valence electrons. The van der Waals surface area contributed by atoms with Crippen LogP contribution in [0.5, 0.6) is 0 Å². The molecule has 2 N–H and O–H groups in total. The SMILES string of the molecule is COCC(N)C(=O)C1CCC1. The Kier molecular flexibility index (Phi) is 3.02. The van der Waals surface area contributed by atoms with E-state index in [1.807, 2.05) is 0 Å². The van der Waals surface area contributed by atoms with Gasteiger partial charge < -0.3 is 10.5 Å². The molecule has 1 unspecified atom stereocenters. The van der Waals surface area contributed by atoms with Crippen LogP contribution in [0, 0.1) is 5.92 Å². The second-order valence-corrected chi connectivity index (χ2v) is 3.09. The third-order valence-corrected chi connectivity index (χ3v) is 2.22. The Morgan fingerprint density at radius 2 is 2.36 bits per heavy atom. The summed E-state index contributed by atoms with van der Waals surface area (Å²) in [6, 6.07) is -0.398. The van der Waals surface area contributed by atoms with Crippen LogP contribution < -0.4 is 5.73 Å². The van der Waals surface area contributed by atoms with E-state index in [4.69, 9.17) is 10.5 Å². The van der Waals surface area contributed by atoms with Crippen LogP contribution in [-0.4, -0.2) is 25.5 Å². The topological polar surface area (TPSA) is 52.3 Å². The summed E-state index contributed by atoms with van der Waals surface area (Å²) in [4.78, 5) is 11.3. The van der Waals surface area contributed by atoms with Gasteiger partial charge in [-0.2, -0.15) is 0 Å². The fraction of sp³-hybridized carbons (Fsp3) is 0.875. The maximum atomic E-state index is 11.3. The van der Waals surface area contributed by atoms with Gasteiger partial charge in [0.05, 0.1) is 12.6 Å². The van der Waals surface area contributed by atoms with Gasteiger partial charge in [-0.25, -0.2) is 0 Å². The van der Waals surface area contributed by atoms with E-state index in [1.54, 1.807) is 7.11 Å². The number of methoxy groups -OCH3 is 1. The largest absolute Gasteiger partial charge is 0.383 e. The van der Waals surface area contributed by atoms with Gasteiger partial charge >= 0.3 is 0 Å². The van der Waals surface area contributed by atoms with Gasteiger partial charge in [0.2, 0.25) is 0 Å². The van der Waals surface area contributed by atoms with Gasteiger partial charge in [0.25, 0.3) is 0 Å².